The maximum Gasteiger partial charge on any atom is 0.409 e. The highest BCUT2D eigenvalue weighted by atomic mass is 16.5. The van der Waals surface area contributed by atoms with Gasteiger partial charge in [-0.25, -0.2) is 4.79 Å². The van der Waals surface area contributed by atoms with Crippen LogP contribution < -0.4 is 5.32 Å². The Labute approximate surface area is 131 Å². The fourth-order valence-corrected chi connectivity index (χ4v) is 2.51. The van der Waals surface area contributed by atoms with Crippen LogP contribution in [0.15, 0.2) is 0 Å². The molecule has 0 spiro atoms. The normalized spacial score (nSPS) is 19.8. The molecule has 0 bridgehead atoms. The molecule has 0 radical (unpaired) electrons. The molecule has 0 aromatic carbocycles. The number of likely N-dealkylation sites (N-methyl/N-ethyl adjacent to an activating group) is 1. The van der Waals surface area contributed by atoms with Gasteiger partial charge in [-0.2, -0.15) is 0 Å². The molecule has 0 unspecified atom stereocenters. The first-order valence-corrected chi connectivity index (χ1v) is 8.36. The van der Waals surface area contributed by atoms with Crippen molar-refractivity contribution in [1.29, 1.82) is 0 Å². The van der Waals surface area contributed by atoms with E-state index in [9.17, 15) is 4.79 Å². The number of nitrogens with zero attached hydrogens (tertiary/aromatic N) is 2. The number of nitrogens with one attached hydrogen (secondary N) is 1. The zero-order valence-corrected chi connectivity index (χ0v) is 14.7. The summed E-state index contributed by atoms with van der Waals surface area (Å²) >= 11 is 0. The molecule has 2 rings (SSSR count). The van der Waals surface area contributed by atoms with Crippen molar-refractivity contribution in [1.82, 2.24) is 15.1 Å². The molecule has 5 nitrogen and oxygen atoms in total. The van der Waals surface area contributed by atoms with Crippen molar-refractivity contribution in [3.05, 3.63) is 0 Å². The van der Waals surface area contributed by atoms with Crippen molar-refractivity contribution in [2.75, 3.05) is 47.4 Å². The van der Waals surface area contributed by atoms with Gasteiger partial charge < -0.3 is 19.9 Å². The SMILES string of the molecule is CC.CNC1CCCCC1.COC(=O)N1CCN(C)CC1. The molecule has 5 heteroatoms. The van der Waals surface area contributed by atoms with E-state index in [-0.39, 0.29) is 6.09 Å². The first-order valence-electron chi connectivity index (χ1n) is 8.36. The van der Waals surface area contributed by atoms with E-state index in [0.29, 0.717) is 0 Å². The highest BCUT2D eigenvalue weighted by Crippen LogP contribution is 2.16. The summed E-state index contributed by atoms with van der Waals surface area (Å²) in [4.78, 5) is 14.9. The summed E-state index contributed by atoms with van der Waals surface area (Å²) in [5.41, 5.74) is 0. The molecule has 21 heavy (non-hydrogen) atoms. The summed E-state index contributed by atoms with van der Waals surface area (Å²) in [6.07, 6.45) is 6.92. The molecule has 1 saturated heterocycles. The molecule has 1 aliphatic heterocycles. The van der Waals surface area contributed by atoms with E-state index >= 15 is 0 Å². The molecule has 0 aromatic heterocycles. The second kappa shape index (κ2) is 12.9. The molecule has 1 N–H and O–H groups in total. The van der Waals surface area contributed by atoms with Crippen LogP contribution in [0.3, 0.4) is 0 Å². The van der Waals surface area contributed by atoms with E-state index in [0.717, 1.165) is 32.2 Å². The lowest BCUT2D eigenvalue weighted by molar-refractivity contribution is 0.0983. The van der Waals surface area contributed by atoms with E-state index in [1.165, 1.54) is 39.2 Å². The molecular formula is C16H35N3O2. The van der Waals surface area contributed by atoms with Crippen LogP contribution in [0.2, 0.25) is 0 Å². The molecule has 126 valence electrons. The van der Waals surface area contributed by atoms with Crippen molar-refractivity contribution in [3.8, 4) is 0 Å². The first-order chi connectivity index (χ1) is 10.2. The van der Waals surface area contributed by atoms with Crippen LogP contribution >= 0.6 is 0 Å². The Hall–Kier alpha value is -0.810. The predicted molar refractivity (Wildman–Crippen MR) is 88.8 cm³/mol. The minimum absolute atomic E-state index is 0.210. The highest BCUT2D eigenvalue weighted by Gasteiger charge is 2.18. The molecule has 1 amide bonds. The fourth-order valence-electron chi connectivity index (χ4n) is 2.51. The van der Waals surface area contributed by atoms with E-state index in [2.05, 4.69) is 29.0 Å². The molecule has 1 aliphatic carbocycles. The molecule has 0 atom stereocenters. The molecular weight excluding hydrogens is 266 g/mol. The van der Waals surface area contributed by atoms with Gasteiger partial charge in [0.25, 0.3) is 0 Å². The van der Waals surface area contributed by atoms with Crippen LogP contribution in [0.4, 0.5) is 4.79 Å². The molecule has 1 saturated carbocycles. The van der Waals surface area contributed by atoms with Crippen molar-refractivity contribution in [3.63, 3.8) is 0 Å². The van der Waals surface area contributed by atoms with Crippen molar-refractivity contribution >= 4 is 6.09 Å². The van der Waals surface area contributed by atoms with Gasteiger partial charge in [0.1, 0.15) is 0 Å². The van der Waals surface area contributed by atoms with E-state index in [1.54, 1.807) is 4.90 Å². The Morgan fingerprint density at radius 2 is 1.57 bits per heavy atom. The molecule has 0 aromatic rings. The minimum atomic E-state index is -0.210. The van der Waals surface area contributed by atoms with Gasteiger partial charge >= 0.3 is 6.09 Å². The second-order valence-electron chi connectivity index (χ2n) is 5.38. The predicted octanol–water partition coefficient (Wildman–Crippen LogP) is 2.56. The van der Waals surface area contributed by atoms with Crippen LogP contribution in [0.1, 0.15) is 46.0 Å². The van der Waals surface area contributed by atoms with Crippen molar-refractivity contribution in [2.24, 2.45) is 0 Å². The molecule has 2 aliphatic rings. The summed E-state index contributed by atoms with van der Waals surface area (Å²) in [5, 5.41) is 3.30. The van der Waals surface area contributed by atoms with E-state index in [1.807, 2.05) is 13.8 Å². The Bertz CT molecular complexity index is 248. The lowest BCUT2D eigenvalue weighted by Crippen LogP contribution is -2.47. The monoisotopic (exact) mass is 301 g/mol. The quantitative estimate of drug-likeness (QED) is 0.808. The average molecular weight is 301 g/mol. The number of rotatable bonds is 1. The Morgan fingerprint density at radius 3 is 1.95 bits per heavy atom. The van der Waals surface area contributed by atoms with Gasteiger partial charge in [-0.05, 0) is 26.9 Å². The Balaban J connectivity index is 0.000000354. The van der Waals surface area contributed by atoms with Crippen LogP contribution in [-0.2, 0) is 4.74 Å². The number of hydrogen-bond acceptors (Lipinski definition) is 4. The average Bonchev–Trinajstić information content (AvgIpc) is 2.58. The summed E-state index contributed by atoms with van der Waals surface area (Å²) in [6, 6.07) is 0.837. The number of ether oxygens (including phenoxy) is 1. The Kier molecular flexibility index (Phi) is 12.4. The third-order valence-electron chi connectivity index (χ3n) is 3.95. The second-order valence-corrected chi connectivity index (χ2v) is 5.38. The number of methoxy groups -OCH3 is 1. The maximum atomic E-state index is 11.0. The smallest absolute Gasteiger partial charge is 0.409 e. The fraction of sp³-hybridized carbons (Fsp3) is 0.938. The van der Waals surface area contributed by atoms with Crippen LogP contribution in [0.25, 0.3) is 0 Å². The topological polar surface area (TPSA) is 44.8 Å². The van der Waals surface area contributed by atoms with Gasteiger partial charge in [0.05, 0.1) is 7.11 Å². The largest absolute Gasteiger partial charge is 0.453 e. The number of amides is 1. The third kappa shape index (κ3) is 8.94. The standard InChI is InChI=1S/C7H14N2O2.C7H15N.C2H6/c1-8-3-5-9(6-4-8)7(10)11-2;1-8-7-5-3-2-4-6-7;1-2/h3-6H2,1-2H3;7-8H,2-6H2,1H3;1-2H3. The summed E-state index contributed by atoms with van der Waals surface area (Å²) in [6.45, 7) is 7.44. The van der Waals surface area contributed by atoms with Crippen LogP contribution in [0.5, 0.6) is 0 Å². The number of carbonyl (C=O) groups is 1. The highest BCUT2D eigenvalue weighted by molar-refractivity contribution is 5.67. The van der Waals surface area contributed by atoms with Gasteiger partial charge in [0.15, 0.2) is 0 Å². The number of piperazine rings is 1. The van der Waals surface area contributed by atoms with Gasteiger partial charge in [-0.3, -0.25) is 0 Å². The van der Waals surface area contributed by atoms with Gasteiger partial charge in [-0.1, -0.05) is 33.1 Å². The van der Waals surface area contributed by atoms with E-state index in [4.69, 9.17) is 0 Å². The lowest BCUT2D eigenvalue weighted by Gasteiger charge is -2.31. The minimum Gasteiger partial charge on any atom is -0.453 e. The van der Waals surface area contributed by atoms with E-state index < -0.39 is 0 Å². The van der Waals surface area contributed by atoms with Crippen LogP contribution in [0, 0.1) is 0 Å². The zero-order valence-electron chi connectivity index (χ0n) is 14.7. The summed E-state index contributed by atoms with van der Waals surface area (Å²) in [7, 11) is 5.53. The van der Waals surface area contributed by atoms with Gasteiger partial charge in [-0.15, -0.1) is 0 Å². The summed E-state index contributed by atoms with van der Waals surface area (Å²) < 4.78 is 4.59. The van der Waals surface area contributed by atoms with Gasteiger partial charge in [0.2, 0.25) is 0 Å². The van der Waals surface area contributed by atoms with Crippen LogP contribution in [-0.4, -0.2) is 69.3 Å². The van der Waals surface area contributed by atoms with Crippen molar-refractivity contribution < 1.29 is 9.53 Å². The van der Waals surface area contributed by atoms with Crippen molar-refractivity contribution in [2.45, 2.75) is 52.0 Å². The molecule has 1 heterocycles. The number of carbonyl (C=O) groups excluding carboxylic acids is 1. The Morgan fingerprint density at radius 1 is 1.05 bits per heavy atom. The lowest BCUT2D eigenvalue weighted by atomic mass is 9.96. The number of hydrogen-bond donors (Lipinski definition) is 1. The zero-order chi connectivity index (χ0) is 16.1. The molecule has 2 fully saturated rings. The third-order valence-corrected chi connectivity index (χ3v) is 3.95. The maximum absolute atomic E-state index is 11.0. The van der Waals surface area contributed by atoms with Gasteiger partial charge in [0, 0.05) is 32.2 Å². The summed E-state index contributed by atoms with van der Waals surface area (Å²) in [5.74, 6) is 0. The first kappa shape index (κ1) is 20.2.